The summed E-state index contributed by atoms with van der Waals surface area (Å²) in [5, 5.41) is 22.1. The van der Waals surface area contributed by atoms with Gasteiger partial charge in [-0.25, -0.2) is 4.98 Å². The molecule has 0 bridgehead atoms. The quantitative estimate of drug-likeness (QED) is 0.532. The fourth-order valence-electron chi connectivity index (χ4n) is 3.06. The maximum atomic E-state index is 12.3. The van der Waals surface area contributed by atoms with E-state index in [0.717, 1.165) is 12.1 Å². The predicted octanol–water partition coefficient (Wildman–Crippen LogP) is 2.47. The van der Waals surface area contributed by atoms with Crippen LogP contribution in [0.2, 0.25) is 0 Å². The summed E-state index contributed by atoms with van der Waals surface area (Å²) in [5.74, 6) is -1.88. The van der Waals surface area contributed by atoms with Gasteiger partial charge in [0.25, 0.3) is 5.91 Å². The van der Waals surface area contributed by atoms with Crippen molar-refractivity contribution in [1.82, 2.24) is 10.3 Å². The molecule has 0 spiro atoms. The van der Waals surface area contributed by atoms with E-state index in [1.165, 1.54) is 18.5 Å². The number of para-hydroxylation sites is 1. The van der Waals surface area contributed by atoms with Crippen molar-refractivity contribution in [2.45, 2.75) is 19.3 Å². The number of nitrogens with two attached hydrogens (primary N) is 1. The second kappa shape index (κ2) is 8.55. The van der Waals surface area contributed by atoms with Crippen LogP contribution in [0, 0.1) is 5.41 Å². The summed E-state index contributed by atoms with van der Waals surface area (Å²) in [7, 11) is 0. The van der Waals surface area contributed by atoms with Crippen LogP contribution in [-0.2, 0) is 4.79 Å². The highest BCUT2D eigenvalue weighted by Crippen LogP contribution is 2.40. The third-order valence-electron chi connectivity index (χ3n) is 5.06. The number of rotatable bonds is 7. The Morgan fingerprint density at radius 3 is 2.55 bits per heavy atom. The monoisotopic (exact) mass is 394 g/mol. The lowest BCUT2D eigenvalue weighted by molar-refractivity contribution is -0.153. The van der Waals surface area contributed by atoms with Crippen molar-refractivity contribution in [2.24, 2.45) is 16.1 Å². The lowest BCUT2D eigenvalue weighted by atomic mass is 9.69. The molecule has 0 aliphatic heterocycles. The van der Waals surface area contributed by atoms with Crippen molar-refractivity contribution in [2.75, 3.05) is 6.54 Å². The van der Waals surface area contributed by atoms with Gasteiger partial charge in [-0.05, 0) is 31.0 Å². The van der Waals surface area contributed by atoms with Gasteiger partial charge in [-0.3, -0.25) is 14.6 Å². The highest BCUT2D eigenvalue weighted by Gasteiger charge is 2.44. The molecule has 1 aromatic carbocycles. The molecule has 0 saturated heterocycles. The van der Waals surface area contributed by atoms with Crippen LogP contribution < -0.4 is 11.1 Å². The highest BCUT2D eigenvalue weighted by atomic mass is 16.4. The predicted molar refractivity (Wildman–Crippen MR) is 109 cm³/mol. The second-order valence-corrected chi connectivity index (χ2v) is 6.93. The van der Waals surface area contributed by atoms with Gasteiger partial charge in [0.1, 0.15) is 5.75 Å². The lowest BCUT2D eigenvalue weighted by Gasteiger charge is -2.37. The minimum Gasteiger partial charge on any atom is -0.505 e. The van der Waals surface area contributed by atoms with Crippen LogP contribution >= 0.6 is 0 Å². The van der Waals surface area contributed by atoms with Crippen molar-refractivity contribution in [3.05, 3.63) is 60.1 Å². The number of carboxylic acid groups (broad SMARTS) is 1. The molecule has 0 radical (unpaired) electrons. The van der Waals surface area contributed by atoms with Gasteiger partial charge in [-0.15, -0.1) is 0 Å². The third kappa shape index (κ3) is 4.43. The Bertz CT molecular complexity index is 966. The summed E-state index contributed by atoms with van der Waals surface area (Å²) in [5.41, 5.74) is 6.31. The molecule has 1 heterocycles. The van der Waals surface area contributed by atoms with E-state index in [0.29, 0.717) is 24.0 Å². The number of carboxylic acids is 1. The molecular formula is C21H22N4O4. The Morgan fingerprint density at radius 1 is 1.28 bits per heavy atom. The minimum atomic E-state index is -0.924. The number of benzene rings is 1. The molecule has 8 nitrogen and oxygen atoms in total. The maximum absolute atomic E-state index is 12.3. The Kier molecular flexibility index (Phi) is 5.92. The minimum absolute atomic E-state index is 0.00171. The Hall–Kier alpha value is -3.68. The van der Waals surface area contributed by atoms with E-state index in [2.05, 4.69) is 15.3 Å². The summed E-state index contributed by atoms with van der Waals surface area (Å²) in [4.78, 5) is 32.1. The second-order valence-electron chi connectivity index (χ2n) is 6.93. The van der Waals surface area contributed by atoms with Gasteiger partial charge in [0.2, 0.25) is 0 Å². The van der Waals surface area contributed by atoms with Gasteiger partial charge in [-0.2, -0.15) is 0 Å². The Morgan fingerprint density at radius 2 is 2.00 bits per heavy atom. The van der Waals surface area contributed by atoms with E-state index in [1.807, 2.05) is 30.3 Å². The number of hydrogen-bond donors (Lipinski definition) is 4. The van der Waals surface area contributed by atoms with Crippen molar-refractivity contribution >= 4 is 29.4 Å². The normalized spacial score (nSPS) is 15.7. The SMILES string of the molecule is N/C=C(\C=Nc1ccccc1)c1cnc(C(=O)NCC2(C(=O)O)CCC2)c(O)c1. The van der Waals surface area contributed by atoms with Crippen molar-refractivity contribution in [3.8, 4) is 5.75 Å². The Labute approximate surface area is 167 Å². The van der Waals surface area contributed by atoms with Crippen LogP contribution in [0.1, 0.15) is 35.3 Å². The summed E-state index contributed by atoms with van der Waals surface area (Å²) >= 11 is 0. The fraction of sp³-hybridized carbons (Fsp3) is 0.238. The summed E-state index contributed by atoms with van der Waals surface area (Å²) in [6, 6.07) is 10.6. The number of nitrogens with one attached hydrogen (secondary N) is 1. The van der Waals surface area contributed by atoms with E-state index in [-0.39, 0.29) is 18.0 Å². The zero-order valence-electron chi connectivity index (χ0n) is 15.7. The summed E-state index contributed by atoms with van der Waals surface area (Å²) in [6.45, 7) is 0.00171. The topological polar surface area (TPSA) is 138 Å². The molecule has 8 heteroatoms. The van der Waals surface area contributed by atoms with Crippen LogP contribution in [-0.4, -0.2) is 39.8 Å². The molecule has 1 aliphatic carbocycles. The van der Waals surface area contributed by atoms with E-state index < -0.39 is 17.3 Å². The van der Waals surface area contributed by atoms with Crippen LogP contribution in [0.5, 0.6) is 5.75 Å². The molecule has 1 fully saturated rings. The highest BCUT2D eigenvalue weighted by molar-refractivity contribution is 6.10. The first-order valence-corrected chi connectivity index (χ1v) is 9.17. The Balaban J connectivity index is 1.71. The molecule has 1 aromatic heterocycles. The van der Waals surface area contributed by atoms with Crippen LogP contribution in [0.3, 0.4) is 0 Å². The smallest absolute Gasteiger partial charge is 0.311 e. The number of pyridine rings is 1. The molecule has 1 saturated carbocycles. The van der Waals surface area contributed by atoms with Crippen molar-refractivity contribution in [1.29, 1.82) is 0 Å². The van der Waals surface area contributed by atoms with Gasteiger partial charge < -0.3 is 21.3 Å². The number of hydrogen-bond acceptors (Lipinski definition) is 6. The molecule has 5 N–H and O–H groups in total. The zero-order valence-corrected chi connectivity index (χ0v) is 15.7. The average Bonchev–Trinajstić information content (AvgIpc) is 2.68. The van der Waals surface area contributed by atoms with E-state index in [4.69, 9.17) is 5.73 Å². The van der Waals surface area contributed by atoms with E-state index in [9.17, 15) is 19.8 Å². The lowest BCUT2D eigenvalue weighted by Crippen LogP contribution is -2.47. The number of allylic oxidation sites excluding steroid dienone is 1. The van der Waals surface area contributed by atoms with Crippen molar-refractivity contribution in [3.63, 3.8) is 0 Å². The first kappa shape index (κ1) is 20.1. The number of aromatic hydroxyl groups is 1. The van der Waals surface area contributed by atoms with Gasteiger partial charge in [0, 0.05) is 36.3 Å². The van der Waals surface area contributed by atoms with Crippen LogP contribution in [0.25, 0.3) is 5.57 Å². The molecule has 29 heavy (non-hydrogen) atoms. The average molecular weight is 394 g/mol. The standard InChI is InChI=1S/C21H22N4O4/c22-10-15(12-23-16-5-2-1-3-6-16)14-9-17(26)18(24-11-14)19(27)25-13-21(20(28)29)7-4-8-21/h1-3,5-6,9-12,26H,4,7-8,13,22H2,(H,25,27)(H,28,29)/b15-10+,23-12?. The third-order valence-corrected chi connectivity index (χ3v) is 5.06. The molecule has 3 rings (SSSR count). The molecule has 0 atom stereocenters. The van der Waals surface area contributed by atoms with Gasteiger partial charge in [-0.1, -0.05) is 24.6 Å². The van der Waals surface area contributed by atoms with Crippen LogP contribution in [0.4, 0.5) is 5.69 Å². The number of amides is 1. The van der Waals surface area contributed by atoms with Crippen LogP contribution in [0.15, 0.2) is 53.8 Å². The first-order chi connectivity index (χ1) is 13.9. The molecule has 0 unspecified atom stereocenters. The van der Waals surface area contributed by atoms with E-state index in [1.54, 1.807) is 6.21 Å². The van der Waals surface area contributed by atoms with Gasteiger partial charge in [0.05, 0.1) is 11.1 Å². The molecule has 1 amide bonds. The number of aliphatic imine (C=N–C) groups is 1. The number of nitrogens with zero attached hydrogens (tertiary/aromatic N) is 2. The number of carbonyl (C=O) groups is 2. The van der Waals surface area contributed by atoms with Gasteiger partial charge in [0.15, 0.2) is 5.69 Å². The largest absolute Gasteiger partial charge is 0.505 e. The van der Waals surface area contributed by atoms with E-state index >= 15 is 0 Å². The molecular weight excluding hydrogens is 372 g/mol. The first-order valence-electron chi connectivity index (χ1n) is 9.17. The van der Waals surface area contributed by atoms with Gasteiger partial charge >= 0.3 is 5.97 Å². The number of aromatic nitrogens is 1. The summed E-state index contributed by atoms with van der Waals surface area (Å²) < 4.78 is 0. The molecule has 150 valence electrons. The number of aliphatic carboxylic acids is 1. The molecule has 2 aromatic rings. The maximum Gasteiger partial charge on any atom is 0.311 e. The molecule has 1 aliphatic rings. The van der Waals surface area contributed by atoms with Crippen molar-refractivity contribution < 1.29 is 19.8 Å². The zero-order chi connectivity index (χ0) is 20.9. The number of carbonyl (C=O) groups excluding carboxylic acids is 1. The summed E-state index contributed by atoms with van der Waals surface area (Å²) in [6.07, 6.45) is 6.13. The fourth-order valence-corrected chi connectivity index (χ4v) is 3.06.